The average molecular weight is 260 g/mol. The SMILES string of the molecule is COC(C)C(C)NCCCn1ccc2ccccc21. The van der Waals surface area contributed by atoms with Crippen molar-refractivity contribution in [2.45, 2.75) is 39.0 Å². The lowest BCUT2D eigenvalue weighted by Gasteiger charge is -2.19. The predicted molar refractivity (Wildman–Crippen MR) is 80.5 cm³/mol. The third-order valence-electron chi connectivity index (χ3n) is 3.80. The first kappa shape index (κ1) is 14.1. The Labute approximate surface area is 115 Å². The van der Waals surface area contributed by atoms with Crippen molar-refractivity contribution in [3.05, 3.63) is 36.5 Å². The van der Waals surface area contributed by atoms with Crippen LogP contribution >= 0.6 is 0 Å². The zero-order valence-corrected chi connectivity index (χ0v) is 12.1. The molecule has 3 heteroatoms. The van der Waals surface area contributed by atoms with Crippen LogP contribution in [0.4, 0.5) is 0 Å². The maximum atomic E-state index is 5.30. The number of aryl methyl sites for hydroxylation is 1. The van der Waals surface area contributed by atoms with E-state index in [1.807, 2.05) is 0 Å². The summed E-state index contributed by atoms with van der Waals surface area (Å²) in [6, 6.07) is 11.1. The molecule has 2 unspecified atom stereocenters. The Morgan fingerprint density at radius 2 is 2.00 bits per heavy atom. The fourth-order valence-corrected chi connectivity index (χ4v) is 2.28. The molecule has 0 amide bonds. The van der Waals surface area contributed by atoms with E-state index in [0.717, 1.165) is 19.5 Å². The second-order valence-electron chi connectivity index (χ2n) is 5.11. The van der Waals surface area contributed by atoms with Crippen LogP contribution in [0.5, 0.6) is 0 Å². The monoisotopic (exact) mass is 260 g/mol. The number of hydrogen-bond acceptors (Lipinski definition) is 2. The molecule has 2 aromatic rings. The minimum absolute atomic E-state index is 0.257. The highest BCUT2D eigenvalue weighted by Gasteiger charge is 2.09. The van der Waals surface area contributed by atoms with Crippen molar-refractivity contribution in [1.82, 2.24) is 9.88 Å². The summed E-state index contributed by atoms with van der Waals surface area (Å²) in [7, 11) is 1.76. The van der Waals surface area contributed by atoms with Crippen molar-refractivity contribution in [3.63, 3.8) is 0 Å². The Balaban J connectivity index is 1.80. The highest BCUT2D eigenvalue weighted by molar-refractivity contribution is 5.79. The topological polar surface area (TPSA) is 26.2 Å². The number of ether oxygens (including phenoxy) is 1. The van der Waals surface area contributed by atoms with Crippen LogP contribution in [0.2, 0.25) is 0 Å². The number of fused-ring (bicyclic) bond motifs is 1. The zero-order valence-electron chi connectivity index (χ0n) is 12.1. The van der Waals surface area contributed by atoms with E-state index >= 15 is 0 Å². The fraction of sp³-hybridized carbons (Fsp3) is 0.500. The minimum Gasteiger partial charge on any atom is -0.380 e. The molecule has 1 N–H and O–H groups in total. The van der Waals surface area contributed by atoms with Gasteiger partial charge in [0.1, 0.15) is 0 Å². The second-order valence-corrected chi connectivity index (χ2v) is 5.11. The molecule has 0 saturated heterocycles. The second kappa shape index (κ2) is 6.73. The van der Waals surface area contributed by atoms with E-state index in [-0.39, 0.29) is 6.10 Å². The summed E-state index contributed by atoms with van der Waals surface area (Å²) in [4.78, 5) is 0. The van der Waals surface area contributed by atoms with Crippen molar-refractivity contribution in [3.8, 4) is 0 Å². The van der Waals surface area contributed by atoms with Crippen LogP contribution in [0.25, 0.3) is 10.9 Å². The molecule has 19 heavy (non-hydrogen) atoms. The van der Waals surface area contributed by atoms with Gasteiger partial charge in [0.25, 0.3) is 0 Å². The molecule has 3 nitrogen and oxygen atoms in total. The molecular formula is C16H24N2O. The van der Waals surface area contributed by atoms with Gasteiger partial charge in [-0.2, -0.15) is 0 Å². The van der Waals surface area contributed by atoms with Crippen molar-refractivity contribution >= 4 is 10.9 Å². The van der Waals surface area contributed by atoms with Crippen molar-refractivity contribution in [1.29, 1.82) is 0 Å². The first-order chi connectivity index (χ1) is 9.22. The van der Waals surface area contributed by atoms with Crippen LogP contribution in [0.3, 0.4) is 0 Å². The van der Waals surface area contributed by atoms with Crippen LogP contribution in [-0.4, -0.2) is 30.4 Å². The molecule has 0 saturated carbocycles. The third-order valence-corrected chi connectivity index (χ3v) is 3.80. The maximum Gasteiger partial charge on any atom is 0.0693 e. The van der Waals surface area contributed by atoms with Gasteiger partial charge >= 0.3 is 0 Å². The molecule has 0 spiro atoms. The minimum atomic E-state index is 0.257. The summed E-state index contributed by atoms with van der Waals surface area (Å²) in [6.45, 7) is 6.33. The molecule has 1 aromatic heterocycles. The molecule has 2 atom stereocenters. The first-order valence-electron chi connectivity index (χ1n) is 7.02. The van der Waals surface area contributed by atoms with E-state index in [4.69, 9.17) is 4.74 Å². The quantitative estimate of drug-likeness (QED) is 0.774. The number of hydrogen-bond donors (Lipinski definition) is 1. The van der Waals surface area contributed by atoms with E-state index in [2.05, 4.69) is 60.3 Å². The van der Waals surface area contributed by atoms with Crippen LogP contribution < -0.4 is 5.32 Å². The molecule has 0 radical (unpaired) electrons. The number of aromatic nitrogens is 1. The molecule has 104 valence electrons. The molecule has 0 aliphatic carbocycles. The molecule has 2 rings (SSSR count). The molecule has 0 fully saturated rings. The van der Waals surface area contributed by atoms with Crippen LogP contribution in [-0.2, 0) is 11.3 Å². The van der Waals surface area contributed by atoms with Crippen LogP contribution in [0, 0.1) is 0 Å². The molecule has 0 bridgehead atoms. The Kier molecular flexibility index (Phi) is 5.00. The van der Waals surface area contributed by atoms with Gasteiger partial charge in [-0.1, -0.05) is 18.2 Å². The highest BCUT2D eigenvalue weighted by atomic mass is 16.5. The number of rotatable bonds is 7. The van der Waals surface area contributed by atoms with Crippen LogP contribution in [0.1, 0.15) is 20.3 Å². The predicted octanol–water partition coefficient (Wildman–Crippen LogP) is 3.04. The van der Waals surface area contributed by atoms with Gasteiger partial charge in [0.2, 0.25) is 0 Å². The molecule has 1 aromatic carbocycles. The number of methoxy groups -OCH3 is 1. The van der Waals surface area contributed by atoms with E-state index in [1.165, 1.54) is 10.9 Å². The lowest BCUT2D eigenvalue weighted by atomic mass is 10.2. The lowest BCUT2D eigenvalue weighted by molar-refractivity contribution is 0.0887. The van der Waals surface area contributed by atoms with Gasteiger partial charge < -0.3 is 14.6 Å². The van der Waals surface area contributed by atoms with Gasteiger partial charge in [-0.3, -0.25) is 0 Å². The Morgan fingerprint density at radius 3 is 2.79 bits per heavy atom. The number of para-hydroxylation sites is 1. The van der Waals surface area contributed by atoms with Gasteiger partial charge in [-0.25, -0.2) is 0 Å². The summed E-state index contributed by atoms with van der Waals surface area (Å²) >= 11 is 0. The molecule has 1 heterocycles. The van der Waals surface area contributed by atoms with E-state index in [1.54, 1.807) is 7.11 Å². The Morgan fingerprint density at radius 1 is 1.21 bits per heavy atom. The molecule has 0 aliphatic rings. The van der Waals surface area contributed by atoms with Gasteiger partial charge in [0, 0.05) is 31.4 Å². The zero-order chi connectivity index (χ0) is 13.7. The normalized spacial score (nSPS) is 14.7. The van der Waals surface area contributed by atoms with Crippen molar-refractivity contribution in [2.24, 2.45) is 0 Å². The lowest BCUT2D eigenvalue weighted by Crippen LogP contribution is -2.37. The van der Waals surface area contributed by atoms with E-state index < -0.39 is 0 Å². The number of benzene rings is 1. The van der Waals surface area contributed by atoms with Crippen molar-refractivity contribution < 1.29 is 4.74 Å². The van der Waals surface area contributed by atoms with E-state index in [9.17, 15) is 0 Å². The first-order valence-corrected chi connectivity index (χ1v) is 7.02. The largest absolute Gasteiger partial charge is 0.380 e. The van der Waals surface area contributed by atoms with E-state index in [0.29, 0.717) is 6.04 Å². The fourth-order valence-electron chi connectivity index (χ4n) is 2.28. The van der Waals surface area contributed by atoms with Gasteiger partial charge in [-0.05, 0) is 44.3 Å². The highest BCUT2D eigenvalue weighted by Crippen LogP contribution is 2.15. The summed E-state index contributed by atoms with van der Waals surface area (Å²) in [5.74, 6) is 0. The summed E-state index contributed by atoms with van der Waals surface area (Å²) < 4.78 is 7.63. The number of nitrogens with one attached hydrogen (secondary N) is 1. The molecule has 0 aliphatic heterocycles. The number of nitrogens with zero attached hydrogens (tertiary/aromatic N) is 1. The standard InChI is InChI=1S/C16H24N2O/c1-13(14(2)19-3)17-10-6-11-18-12-9-15-7-4-5-8-16(15)18/h4-5,7-9,12-14,17H,6,10-11H2,1-3H3. The summed E-state index contributed by atoms with van der Waals surface area (Å²) in [5, 5.41) is 4.82. The van der Waals surface area contributed by atoms with Gasteiger partial charge in [0.15, 0.2) is 0 Å². The Bertz CT molecular complexity index is 506. The van der Waals surface area contributed by atoms with Gasteiger partial charge in [0.05, 0.1) is 6.10 Å². The summed E-state index contributed by atoms with van der Waals surface area (Å²) in [5.41, 5.74) is 1.32. The van der Waals surface area contributed by atoms with Crippen LogP contribution in [0.15, 0.2) is 36.5 Å². The smallest absolute Gasteiger partial charge is 0.0693 e. The maximum absolute atomic E-state index is 5.30. The summed E-state index contributed by atoms with van der Waals surface area (Å²) in [6.07, 6.45) is 3.55. The van der Waals surface area contributed by atoms with Crippen molar-refractivity contribution in [2.75, 3.05) is 13.7 Å². The molecular weight excluding hydrogens is 236 g/mol. The van der Waals surface area contributed by atoms with Gasteiger partial charge in [-0.15, -0.1) is 0 Å². The average Bonchev–Trinajstić information content (AvgIpc) is 2.86. The third kappa shape index (κ3) is 3.58. The Hall–Kier alpha value is -1.32.